The van der Waals surface area contributed by atoms with Crippen LogP contribution < -0.4 is 16.2 Å². The number of rotatable bonds is 4. The molecule has 6 heteroatoms. The fourth-order valence-corrected chi connectivity index (χ4v) is 2.23. The van der Waals surface area contributed by atoms with Crippen LogP contribution in [0.1, 0.15) is 33.3 Å². The lowest BCUT2D eigenvalue weighted by Gasteiger charge is -2.32. The third-order valence-corrected chi connectivity index (χ3v) is 4.43. The van der Waals surface area contributed by atoms with E-state index in [1.165, 1.54) is 0 Å². The highest BCUT2D eigenvalue weighted by atomic mass is 16.7. The van der Waals surface area contributed by atoms with E-state index in [0.29, 0.717) is 12.2 Å². The Morgan fingerprint density at radius 2 is 1.82 bits per heavy atom. The molecule has 0 atom stereocenters. The molecule has 1 aromatic carbocycles. The first-order chi connectivity index (χ1) is 10.2. The summed E-state index contributed by atoms with van der Waals surface area (Å²) in [7, 11) is 1.15. The van der Waals surface area contributed by atoms with Crippen molar-refractivity contribution in [3.8, 4) is 5.75 Å². The maximum atomic E-state index is 6.06. The molecule has 4 N–H and O–H groups in total. The van der Waals surface area contributed by atoms with Crippen LogP contribution in [0.5, 0.6) is 5.75 Å². The van der Waals surface area contributed by atoms with E-state index in [0.717, 1.165) is 16.8 Å². The summed E-state index contributed by atoms with van der Waals surface area (Å²) in [4.78, 5) is 0. The van der Waals surface area contributed by atoms with Gasteiger partial charge in [-0.1, -0.05) is 6.08 Å². The summed E-state index contributed by atoms with van der Waals surface area (Å²) in [6.07, 6.45) is 1.93. The molecule has 1 saturated heterocycles. The Hall–Kier alpha value is -1.50. The summed E-state index contributed by atoms with van der Waals surface area (Å²) in [6.45, 7) is 8.40. The van der Waals surface area contributed by atoms with Crippen molar-refractivity contribution in [2.75, 3.05) is 19.4 Å². The molecule has 0 aromatic heterocycles. The predicted octanol–water partition coefficient (Wildman–Crippen LogP) is 2.25. The Morgan fingerprint density at radius 3 is 2.27 bits per heavy atom. The van der Waals surface area contributed by atoms with Crippen LogP contribution in [0.2, 0.25) is 0 Å². The van der Waals surface area contributed by atoms with E-state index in [-0.39, 0.29) is 0 Å². The molecule has 0 amide bonds. The largest absolute Gasteiger partial charge is 0.497 e. The lowest BCUT2D eigenvalue weighted by atomic mass is 9.77. The van der Waals surface area contributed by atoms with Gasteiger partial charge in [0.15, 0.2) is 0 Å². The first-order valence-electron chi connectivity index (χ1n) is 7.40. The van der Waals surface area contributed by atoms with Crippen molar-refractivity contribution in [1.82, 2.24) is 0 Å². The van der Waals surface area contributed by atoms with Crippen LogP contribution in [0.3, 0.4) is 0 Å². The van der Waals surface area contributed by atoms with Gasteiger partial charge in [0, 0.05) is 18.3 Å². The van der Waals surface area contributed by atoms with Gasteiger partial charge < -0.3 is 25.5 Å². The van der Waals surface area contributed by atoms with Crippen molar-refractivity contribution in [2.24, 2.45) is 5.73 Å². The average Bonchev–Trinajstić information content (AvgIpc) is 2.65. The minimum atomic E-state index is -0.462. The van der Waals surface area contributed by atoms with E-state index >= 15 is 0 Å². The Kier molecular flexibility index (Phi) is 4.56. The zero-order valence-electron chi connectivity index (χ0n) is 14.0. The van der Waals surface area contributed by atoms with E-state index in [4.69, 9.17) is 25.5 Å². The number of benzene rings is 1. The monoisotopic (exact) mass is 304 g/mol. The van der Waals surface area contributed by atoms with Crippen LogP contribution >= 0.6 is 0 Å². The molecule has 0 unspecified atom stereocenters. The highest BCUT2D eigenvalue weighted by Crippen LogP contribution is 2.38. The van der Waals surface area contributed by atoms with Crippen LogP contribution in [-0.4, -0.2) is 32.0 Å². The van der Waals surface area contributed by atoms with Gasteiger partial charge in [-0.25, -0.2) is 0 Å². The number of anilines is 1. The van der Waals surface area contributed by atoms with Crippen molar-refractivity contribution >= 4 is 18.9 Å². The second-order valence-electron chi connectivity index (χ2n) is 6.51. The Labute approximate surface area is 132 Å². The quantitative estimate of drug-likeness (QED) is 0.659. The molecule has 120 valence electrons. The fourth-order valence-electron chi connectivity index (χ4n) is 2.23. The third-order valence-electron chi connectivity index (χ3n) is 4.43. The molecule has 2 rings (SSSR count). The molecular formula is C16H25BN2O3. The molecule has 22 heavy (non-hydrogen) atoms. The molecule has 0 aliphatic carbocycles. The standard InChI is InChI=1S/C16H25BN2O3/c1-15(2)16(3,4)22-17(21-15)12(10-18)8-11-6-7-13(20-5)9-14(11)19/h6-9H,10,18-19H2,1-5H3. The minimum absolute atomic E-state index is 0.336. The van der Waals surface area contributed by atoms with Crippen LogP contribution in [0.4, 0.5) is 5.69 Å². The zero-order valence-corrected chi connectivity index (χ0v) is 14.0. The topological polar surface area (TPSA) is 79.7 Å². The van der Waals surface area contributed by atoms with Crippen molar-refractivity contribution < 1.29 is 14.0 Å². The van der Waals surface area contributed by atoms with Crippen LogP contribution in [0, 0.1) is 0 Å². The predicted molar refractivity (Wildman–Crippen MR) is 90.5 cm³/mol. The van der Waals surface area contributed by atoms with Gasteiger partial charge >= 0.3 is 7.12 Å². The zero-order chi connectivity index (χ0) is 16.5. The van der Waals surface area contributed by atoms with Gasteiger partial charge in [0.25, 0.3) is 0 Å². The van der Waals surface area contributed by atoms with Crippen LogP contribution in [-0.2, 0) is 9.31 Å². The highest BCUT2D eigenvalue weighted by Gasteiger charge is 2.52. The first kappa shape index (κ1) is 16.9. The van der Waals surface area contributed by atoms with Gasteiger partial charge in [-0.3, -0.25) is 0 Å². The molecule has 1 aliphatic heterocycles. The second-order valence-corrected chi connectivity index (χ2v) is 6.51. The summed E-state index contributed by atoms with van der Waals surface area (Å²) in [6, 6.07) is 5.54. The van der Waals surface area contributed by atoms with E-state index < -0.39 is 18.3 Å². The Bertz CT molecular complexity index is 569. The molecule has 1 aliphatic rings. The summed E-state index contributed by atoms with van der Waals surface area (Å²) in [5.74, 6) is 0.722. The van der Waals surface area contributed by atoms with E-state index in [2.05, 4.69) is 0 Å². The van der Waals surface area contributed by atoms with Gasteiger partial charge in [0.2, 0.25) is 0 Å². The van der Waals surface area contributed by atoms with Crippen molar-refractivity contribution in [1.29, 1.82) is 0 Å². The SMILES string of the molecule is COc1ccc(C=C(CN)B2OC(C)(C)C(C)(C)O2)c(N)c1. The van der Waals surface area contributed by atoms with Gasteiger partial charge in [-0.05, 0) is 50.9 Å². The summed E-state index contributed by atoms with van der Waals surface area (Å²) in [5, 5.41) is 0. The normalized spacial score (nSPS) is 20.3. The van der Waals surface area contributed by atoms with Gasteiger partial charge in [0.1, 0.15) is 5.75 Å². The van der Waals surface area contributed by atoms with Gasteiger partial charge in [-0.15, -0.1) is 0 Å². The van der Waals surface area contributed by atoms with Crippen molar-refractivity contribution in [3.63, 3.8) is 0 Å². The van der Waals surface area contributed by atoms with Gasteiger partial charge in [0.05, 0.1) is 18.3 Å². The van der Waals surface area contributed by atoms with Gasteiger partial charge in [-0.2, -0.15) is 0 Å². The molecule has 0 radical (unpaired) electrons. The first-order valence-corrected chi connectivity index (χ1v) is 7.40. The van der Waals surface area contributed by atoms with E-state index in [1.807, 2.05) is 45.9 Å². The number of nitrogens with two attached hydrogens (primary N) is 2. The lowest BCUT2D eigenvalue weighted by molar-refractivity contribution is 0.00578. The molecule has 0 spiro atoms. The molecule has 5 nitrogen and oxygen atoms in total. The number of hydrogen-bond acceptors (Lipinski definition) is 5. The van der Waals surface area contributed by atoms with Crippen molar-refractivity contribution in [3.05, 3.63) is 29.2 Å². The molecule has 1 aromatic rings. The third kappa shape index (κ3) is 3.14. The number of hydrogen-bond donors (Lipinski definition) is 2. The van der Waals surface area contributed by atoms with Crippen molar-refractivity contribution in [2.45, 2.75) is 38.9 Å². The molecule has 0 saturated carbocycles. The average molecular weight is 304 g/mol. The smallest absolute Gasteiger partial charge is 0.491 e. The number of ether oxygens (including phenoxy) is 1. The van der Waals surface area contributed by atoms with E-state index in [1.54, 1.807) is 13.2 Å². The molecule has 1 fully saturated rings. The summed E-state index contributed by atoms with van der Waals surface area (Å²) in [5.41, 5.74) is 13.5. The Morgan fingerprint density at radius 1 is 1.23 bits per heavy atom. The molecular weight excluding hydrogens is 279 g/mol. The fraction of sp³-hybridized carbons (Fsp3) is 0.500. The number of nitrogen functional groups attached to an aromatic ring is 1. The van der Waals surface area contributed by atoms with E-state index in [9.17, 15) is 0 Å². The number of methoxy groups -OCH3 is 1. The maximum Gasteiger partial charge on any atom is 0.491 e. The van der Waals surface area contributed by atoms with Crippen LogP contribution in [0.25, 0.3) is 6.08 Å². The lowest BCUT2D eigenvalue weighted by Crippen LogP contribution is -2.41. The summed E-state index contributed by atoms with van der Waals surface area (Å²) < 4.78 is 17.2. The second kappa shape index (κ2) is 5.95. The minimum Gasteiger partial charge on any atom is -0.497 e. The maximum absolute atomic E-state index is 6.06. The molecule has 1 heterocycles. The van der Waals surface area contributed by atoms with Crippen LogP contribution in [0.15, 0.2) is 23.7 Å². The molecule has 0 bridgehead atoms. The Balaban J connectivity index is 2.29. The highest BCUT2D eigenvalue weighted by molar-refractivity contribution is 6.56. The summed E-state index contributed by atoms with van der Waals surface area (Å²) >= 11 is 0.